The van der Waals surface area contributed by atoms with Crippen LogP contribution in [0, 0.1) is 17.5 Å². The quantitative estimate of drug-likeness (QED) is 0.794. The molecule has 0 radical (unpaired) electrons. The number of halogens is 3. The largest absolute Gasteiger partial charge is 0.246 e. The Morgan fingerprint density at radius 1 is 1.14 bits per heavy atom. The second kappa shape index (κ2) is 5.68. The van der Waals surface area contributed by atoms with Gasteiger partial charge in [-0.05, 0) is 36.4 Å². The molecule has 1 fully saturated rings. The number of sulfonamides is 1. The predicted octanol–water partition coefficient (Wildman–Crippen LogP) is 3.69. The molecule has 22 heavy (non-hydrogen) atoms. The summed E-state index contributed by atoms with van der Waals surface area (Å²) < 4.78 is 66.6. The smallest absolute Gasteiger partial charge is 0.207 e. The van der Waals surface area contributed by atoms with Crippen LogP contribution in [0.4, 0.5) is 13.2 Å². The summed E-state index contributed by atoms with van der Waals surface area (Å²) in [6, 6.07) is 4.62. The molecule has 0 unspecified atom stereocenters. The minimum atomic E-state index is -4.23. The van der Waals surface area contributed by atoms with E-state index in [-0.39, 0.29) is 6.54 Å². The fraction of sp³-hybridized carbons (Fsp3) is 0.286. The first-order valence-electron chi connectivity index (χ1n) is 6.61. The van der Waals surface area contributed by atoms with Gasteiger partial charge < -0.3 is 0 Å². The molecule has 1 aliphatic heterocycles. The van der Waals surface area contributed by atoms with Crippen LogP contribution < -0.4 is 0 Å². The standard InChI is InChI=1S/C14H12F3NO2S2/c15-9-5-6-12(14(17)13(9)16)22(19,20)18-7-1-3-10(18)11-4-2-8-21-11/h2,4-6,8,10H,1,3,7H2/t10-/m0/s1. The lowest BCUT2D eigenvalue weighted by Gasteiger charge is -2.23. The normalized spacial score (nSPS) is 19.7. The molecule has 0 saturated carbocycles. The third-order valence-corrected chi connectivity index (χ3v) is 6.56. The predicted molar refractivity (Wildman–Crippen MR) is 76.5 cm³/mol. The van der Waals surface area contributed by atoms with Gasteiger partial charge in [0.2, 0.25) is 10.0 Å². The summed E-state index contributed by atoms with van der Waals surface area (Å²) in [6.07, 6.45) is 1.25. The summed E-state index contributed by atoms with van der Waals surface area (Å²) >= 11 is 1.41. The molecule has 1 aliphatic rings. The zero-order valence-electron chi connectivity index (χ0n) is 11.3. The van der Waals surface area contributed by atoms with Gasteiger partial charge in [-0.3, -0.25) is 0 Å². The Labute approximate surface area is 130 Å². The van der Waals surface area contributed by atoms with E-state index >= 15 is 0 Å². The molecule has 1 aromatic heterocycles. The van der Waals surface area contributed by atoms with Gasteiger partial charge in [-0.1, -0.05) is 6.07 Å². The van der Waals surface area contributed by atoms with Crippen LogP contribution >= 0.6 is 11.3 Å². The van der Waals surface area contributed by atoms with Crippen molar-refractivity contribution in [2.24, 2.45) is 0 Å². The van der Waals surface area contributed by atoms with Gasteiger partial charge in [0, 0.05) is 11.4 Å². The Hall–Kier alpha value is -1.38. The van der Waals surface area contributed by atoms with Gasteiger partial charge in [0.05, 0.1) is 6.04 Å². The van der Waals surface area contributed by atoms with Crippen LogP contribution in [-0.2, 0) is 10.0 Å². The zero-order valence-corrected chi connectivity index (χ0v) is 12.9. The van der Waals surface area contributed by atoms with E-state index in [1.54, 1.807) is 6.07 Å². The van der Waals surface area contributed by atoms with E-state index in [0.29, 0.717) is 18.9 Å². The van der Waals surface area contributed by atoms with Crippen LogP contribution in [0.25, 0.3) is 0 Å². The van der Waals surface area contributed by atoms with Crippen LogP contribution in [0.1, 0.15) is 23.8 Å². The highest BCUT2D eigenvalue weighted by Gasteiger charge is 2.38. The first kappa shape index (κ1) is 15.5. The summed E-state index contributed by atoms with van der Waals surface area (Å²) in [5.41, 5.74) is 0. The van der Waals surface area contributed by atoms with Crippen molar-refractivity contribution in [3.05, 3.63) is 52.0 Å². The number of hydrogen-bond acceptors (Lipinski definition) is 3. The van der Waals surface area contributed by atoms with E-state index in [1.165, 1.54) is 11.3 Å². The Bertz CT molecular complexity index is 791. The van der Waals surface area contributed by atoms with Crippen molar-refractivity contribution in [1.29, 1.82) is 0 Å². The Kier molecular flexibility index (Phi) is 4.00. The molecule has 0 bridgehead atoms. The molecular formula is C14H12F3NO2S2. The summed E-state index contributed by atoms with van der Waals surface area (Å²) in [7, 11) is -4.23. The molecule has 3 rings (SSSR count). The molecule has 0 amide bonds. The third-order valence-electron chi connectivity index (χ3n) is 3.66. The van der Waals surface area contributed by atoms with Crippen LogP contribution in [0.15, 0.2) is 34.5 Å². The zero-order chi connectivity index (χ0) is 15.9. The number of thiophene rings is 1. The van der Waals surface area contributed by atoms with E-state index < -0.39 is 38.4 Å². The van der Waals surface area contributed by atoms with Gasteiger partial charge in [-0.15, -0.1) is 11.3 Å². The number of hydrogen-bond donors (Lipinski definition) is 0. The van der Waals surface area contributed by atoms with Gasteiger partial charge in [0.25, 0.3) is 0 Å². The van der Waals surface area contributed by atoms with Crippen LogP contribution in [0.2, 0.25) is 0 Å². The Morgan fingerprint density at radius 2 is 1.91 bits per heavy atom. The summed E-state index contributed by atoms with van der Waals surface area (Å²) in [5, 5.41) is 1.83. The van der Waals surface area contributed by atoms with Crippen molar-refractivity contribution < 1.29 is 21.6 Å². The second-order valence-electron chi connectivity index (χ2n) is 4.96. The first-order chi connectivity index (χ1) is 10.4. The lowest BCUT2D eigenvalue weighted by atomic mass is 10.2. The van der Waals surface area contributed by atoms with E-state index in [2.05, 4.69) is 0 Å². The minimum absolute atomic E-state index is 0.226. The highest BCUT2D eigenvalue weighted by molar-refractivity contribution is 7.89. The molecule has 0 N–H and O–H groups in total. The van der Waals surface area contributed by atoms with Crippen LogP contribution in [0.3, 0.4) is 0 Å². The first-order valence-corrected chi connectivity index (χ1v) is 8.93. The lowest BCUT2D eigenvalue weighted by molar-refractivity contribution is 0.390. The summed E-state index contributed by atoms with van der Waals surface area (Å²) in [5.74, 6) is -4.85. The van der Waals surface area contributed by atoms with Crippen molar-refractivity contribution in [3.8, 4) is 0 Å². The van der Waals surface area contributed by atoms with Crippen molar-refractivity contribution in [3.63, 3.8) is 0 Å². The van der Waals surface area contributed by atoms with Crippen molar-refractivity contribution in [2.45, 2.75) is 23.8 Å². The lowest BCUT2D eigenvalue weighted by Crippen LogP contribution is -2.31. The highest BCUT2D eigenvalue weighted by atomic mass is 32.2. The molecule has 0 spiro atoms. The molecule has 1 atom stereocenters. The number of nitrogens with zero attached hydrogens (tertiary/aromatic N) is 1. The molecule has 1 aromatic carbocycles. The Balaban J connectivity index is 2.05. The molecule has 2 aromatic rings. The SMILES string of the molecule is O=S(=O)(c1ccc(F)c(F)c1F)N1CCC[C@H]1c1cccs1. The fourth-order valence-corrected chi connectivity index (χ4v) is 5.30. The molecular weight excluding hydrogens is 335 g/mol. The van der Waals surface area contributed by atoms with Crippen molar-refractivity contribution in [2.75, 3.05) is 6.54 Å². The van der Waals surface area contributed by atoms with Crippen LogP contribution in [0.5, 0.6) is 0 Å². The average Bonchev–Trinajstić information content (AvgIpc) is 3.14. The third kappa shape index (κ3) is 2.45. The molecule has 118 valence electrons. The van der Waals surface area contributed by atoms with Gasteiger partial charge in [0.15, 0.2) is 17.5 Å². The minimum Gasteiger partial charge on any atom is -0.207 e. The van der Waals surface area contributed by atoms with E-state index in [0.717, 1.165) is 15.2 Å². The summed E-state index contributed by atoms with van der Waals surface area (Å²) in [6.45, 7) is 0.226. The molecule has 1 saturated heterocycles. The number of rotatable bonds is 3. The maximum absolute atomic E-state index is 13.9. The van der Waals surface area contributed by atoms with Crippen molar-refractivity contribution >= 4 is 21.4 Å². The van der Waals surface area contributed by atoms with E-state index in [9.17, 15) is 21.6 Å². The topological polar surface area (TPSA) is 37.4 Å². The maximum Gasteiger partial charge on any atom is 0.246 e. The molecule has 0 aliphatic carbocycles. The molecule has 2 heterocycles. The van der Waals surface area contributed by atoms with Gasteiger partial charge in [-0.2, -0.15) is 4.31 Å². The summed E-state index contributed by atoms with van der Waals surface area (Å²) in [4.78, 5) is 0.0268. The van der Waals surface area contributed by atoms with Crippen molar-refractivity contribution in [1.82, 2.24) is 4.31 Å². The second-order valence-corrected chi connectivity index (χ2v) is 7.80. The monoisotopic (exact) mass is 347 g/mol. The highest BCUT2D eigenvalue weighted by Crippen LogP contribution is 2.39. The Morgan fingerprint density at radius 3 is 2.59 bits per heavy atom. The molecule has 8 heteroatoms. The van der Waals surface area contributed by atoms with Gasteiger partial charge in [-0.25, -0.2) is 21.6 Å². The van der Waals surface area contributed by atoms with Gasteiger partial charge in [0.1, 0.15) is 4.90 Å². The van der Waals surface area contributed by atoms with Crippen LogP contribution in [-0.4, -0.2) is 19.3 Å². The average molecular weight is 347 g/mol. The van der Waals surface area contributed by atoms with E-state index in [4.69, 9.17) is 0 Å². The fourth-order valence-electron chi connectivity index (χ4n) is 2.63. The molecule has 3 nitrogen and oxygen atoms in total. The number of benzene rings is 1. The van der Waals surface area contributed by atoms with Gasteiger partial charge >= 0.3 is 0 Å². The van der Waals surface area contributed by atoms with E-state index in [1.807, 2.05) is 11.4 Å². The maximum atomic E-state index is 13.9.